The summed E-state index contributed by atoms with van der Waals surface area (Å²) in [4.78, 5) is 10.9. The van der Waals surface area contributed by atoms with E-state index < -0.39 is 5.24 Å². The fourth-order valence-electron chi connectivity index (χ4n) is 0.441. The fourth-order valence-corrected chi connectivity index (χ4v) is 1.74. The second-order valence-corrected chi connectivity index (χ2v) is 3.09. The van der Waals surface area contributed by atoms with Crippen LogP contribution in [0.5, 0.6) is 0 Å². The van der Waals surface area contributed by atoms with E-state index >= 15 is 0 Å². The van der Waals surface area contributed by atoms with Crippen molar-refractivity contribution in [3.63, 3.8) is 0 Å². The molecule has 0 aliphatic rings. The van der Waals surface area contributed by atoms with Crippen LogP contribution in [0.25, 0.3) is 0 Å². The lowest BCUT2D eigenvalue weighted by atomic mass is 10.5. The SMILES string of the molecule is O=C(Cl)c1sccc1[ClH+]. The Bertz CT molecular complexity index is 231. The third-order valence-electron chi connectivity index (χ3n) is 0.808. The highest BCUT2D eigenvalue weighted by Crippen LogP contribution is 2.18. The average molecular weight is 182 g/mol. The molecule has 1 nitrogen and oxygen atoms in total. The second kappa shape index (κ2) is 2.69. The summed E-state index contributed by atoms with van der Waals surface area (Å²) in [5, 5.41) is 1.83. The summed E-state index contributed by atoms with van der Waals surface area (Å²) in [6.45, 7) is 0. The van der Waals surface area contributed by atoms with Crippen LogP contribution in [0, 0.1) is 11.6 Å². The van der Waals surface area contributed by atoms with Crippen LogP contribution in [0.15, 0.2) is 11.4 Å². The molecule has 0 atom stereocenters. The van der Waals surface area contributed by atoms with Crippen molar-refractivity contribution in [3.8, 4) is 0 Å². The largest absolute Gasteiger partial charge is 0.274 e. The summed E-state index contributed by atoms with van der Waals surface area (Å²) in [5.74, 6) is 0. The molecule has 48 valence electrons. The monoisotopic (exact) mass is 181 g/mol. The van der Waals surface area contributed by atoms with Crippen LogP contribution < -0.4 is 0 Å². The highest BCUT2D eigenvalue weighted by molar-refractivity contribution is 7.14. The molecule has 1 aromatic heterocycles. The van der Waals surface area contributed by atoms with E-state index in [9.17, 15) is 4.79 Å². The van der Waals surface area contributed by atoms with Gasteiger partial charge in [0.25, 0.3) is 5.24 Å². The third kappa shape index (κ3) is 1.45. The van der Waals surface area contributed by atoms with Crippen LogP contribution in [-0.2, 0) is 0 Å². The van der Waals surface area contributed by atoms with Gasteiger partial charge in [0, 0.05) is 6.07 Å². The van der Waals surface area contributed by atoms with E-state index in [4.69, 9.17) is 23.2 Å². The van der Waals surface area contributed by atoms with E-state index in [0.717, 1.165) is 0 Å². The number of halogens is 2. The van der Waals surface area contributed by atoms with Gasteiger partial charge in [-0.15, -0.1) is 11.3 Å². The highest BCUT2D eigenvalue weighted by atomic mass is 35.5. The highest BCUT2D eigenvalue weighted by Gasteiger charge is 2.13. The minimum absolute atomic E-state index is 0.463. The molecule has 0 saturated heterocycles. The summed E-state index contributed by atoms with van der Waals surface area (Å²) in [5.41, 5.74) is 0. The molecular formula is C5H3Cl2OS+. The number of thiophene rings is 1. The van der Waals surface area contributed by atoms with E-state index in [1.54, 1.807) is 11.4 Å². The van der Waals surface area contributed by atoms with Crippen molar-refractivity contribution in [2.24, 2.45) is 0 Å². The van der Waals surface area contributed by atoms with Gasteiger partial charge in [0.05, 0.1) is 0 Å². The summed E-state index contributed by atoms with van der Waals surface area (Å²) < 4.78 is 0. The smallest absolute Gasteiger partial charge is 0.268 e. The number of hydrogen-bond acceptors (Lipinski definition) is 2. The van der Waals surface area contributed by atoms with E-state index in [2.05, 4.69) is 0 Å². The van der Waals surface area contributed by atoms with Crippen LogP contribution >= 0.6 is 22.9 Å². The third-order valence-corrected chi connectivity index (χ3v) is 2.49. The molecule has 9 heavy (non-hydrogen) atoms. The van der Waals surface area contributed by atoms with Crippen molar-refractivity contribution in [2.45, 2.75) is 0 Å². The van der Waals surface area contributed by atoms with Crippen molar-refractivity contribution >= 4 is 28.2 Å². The van der Waals surface area contributed by atoms with Gasteiger partial charge in [0.1, 0.15) is 0 Å². The first-order valence-electron chi connectivity index (χ1n) is 2.16. The van der Waals surface area contributed by atoms with Crippen molar-refractivity contribution in [2.75, 3.05) is 0 Å². The molecule has 0 radical (unpaired) electrons. The Morgan fingerprint density at radius 1 is 1.78 bits per heavy atom. The summed E-state index contributed by atoms with van der Waals surface area (Å²) in [6.07, 6.45) is 0. The Morgan fingerprint density at radius 2 is 2.44 bits per heavy atom. The lowest BCUT2D eigenvalue weighted by molar-refractivity contribution is -0.288. The molecule has 0 saturated carbocycles. The van der Waals surface area contributed by atoms with Crippen molar-refractivity contribution in [3.05, 3.63) is 21.3 Å². The second-order valence-electron chi connectivity index (χ2n) is 1.39. The quantitative estimate of drug-likeness (QED) is 0.605. The molecule has 0 fully saturated rings. The Hall–Kier alpha value is -0.0500. The number of carbonyl (C=O) groups is 1. The van der Waals surface area contributed by atoms with Gasteiger partial charge < -0.3 is 0 Å². The average Bonchev–Trinajstić information content (AvgIpc) is 2.13. The van der Waals surface area contributed by atoms with Crippen LogP contribution in [-0.4, -0.2) is 5.24 Å². The zero-order valence-electron chi connectivity index (χ0n) is 4.26. The first-order chi connectivity index (χ1) is 4.22. The number of rotatable bonds is 1. The first-order valence-corrected chi connectivity index (χ1v) is 3.82. The van der Waals surface area contributed by atoms with Crippen LogP contribution in [0.4, 0.5) is 0 Å². The molecule has 0 aliphatic heterocycles. The van der Waals surface area contributed by atoms with Crippen LogP contribution in [0.1, 0.15) is 9.67 Å². The lowest BCUT2D eigenvalue weighted by Gasteiger charge is -1.76. The van der Waals surface area contributed by atoms with Gasteiger partial charge in [-0.25, -0.2) is 0 Å². The Balaban J connectivity index is 3.08. The van der Waals surface area contributed by atoms with Gasteiger partial charge in [0.15, 0.2) is 16.5 Å². The zero-order chi connectivity index (χ0) is 6.85. The van der Waals surface area contributed by atoms with E-state index in [1.165, 1.54) is 11.3 Å². The van der Waals surface area contributed by atoms with Gasteiger partial charge in [-0.1, -0.05) is 0 Å². The molecule has 0 aromatic carbocycles. The maximum absolute atomic E-state index is 10.4. The maximum atomic E-state index is 10.4. The van der Waals surface area contributed by atoms with Crippen molar-refractivity contribution in [1.82, 2.24) is 0 Å². The lowest BCUT2D eigenvalue weighted by Crippen LogP contribution is -1.82. The van der Waals surface area contributed by atoms with Crippen molar-refractivity contribution in [1.29, 1.82) is 0 Å². The molecule has 1 heterocycles. The maximum Gasteiger partial charge on any atom is 0.268 e. The molecular weight excluding hydrogens is 179 g/mol. The van der Waals surface area contributed by atoms with E-state index in [-0.39, 0.29) is 0 Å². The first kappa shape index (κ1) is 7.06. The standard InChI is InChI=1S/C5H3Cl2OS/c6-3-1-2-9-4(3)5(7)8/h1-2,6H/q+1. The predicted octanol–water partition coefficient (Wildman–Crippen LogP) is 1.82. The molecule has 0 spiro atoms. The normalized spacial score (nSPS) is 9.56. The fraction of sp³-hybridized carbons (Fsp3) is 0. The minimum atomic E-state index is -0.463. The predicted molar refractivity (Wildman–Crippen MR) is 35.1 cm³/mol. The zero-order valence-corrected chi connectivity index (χ0v) is 6.65. The Kier molecular flexibility index (Phi) is 2.11. The van der Waals surface area contributed by atoms with Gasteiger partial charge in [-0.2, -0.15) is 0 Å². The molecule has 0 bridgehead atoms. The van der Waals surface area contributed by atoms with Crippen molar-refractivity contribution < 1.29 is 16.4 Å². The summed E-state index contributed by atoms with van der Waals surface area (Å²) >= 11 is 11.2. The van der Waals surface area contributed by atoms with Crippen LogP contribution in [0.3, 0.4) is 0 Å². The minimum Gasteiger partial charge on any atom is -0.274 e. The summed E-state index contributed by atoms with van der Waals surface area (Å²) in [7, 11) is 0. The van der Waals surface area contributed by atoms with E-state index in [1.807, 2.05) is 0 Å². The molecule has 0 aliphatic carbocycles. The Labute approximate surface area is 66.2 Å². The van der Waals surface area contributed by atoms with Gasteiger partial charge in [-0.3, -0.25) is 4.79 Å². The van der Waals surface area contributed by atoms with Gasteiger partial charge in [-0.05, 0) is 17.0 Å². The van der Waals surface area contributed by atoms with Gasteiger partial charge >= 0.3 is 0 Å². The summed E-state index contributed by atoms with van der Waals surface area (Å²) in [6, 6.07) is 1.69. The molecule has 4 heteroatoms. The topological polar surface area (TPSA) is 17.1 Å². The molecule has 0 unspecified atom stereocenters. The Morgan fingerprint density at radius 3 is 2.67 bits per heavy atom. The van der Waals surface area contributed by atoms with Crippen LogP contribution in [0.2, 0.25) is 5.02 Å². The molecule has 0 amide bonds. The molecule has 1 aromatic rings. The number of carbonyl (C=O) groups excluding carboxylic acids is 1. The molecule has 1 rings (SSSR count). The molecule has 0 N–H and O–H groups in total. The van der Waals surface area contributed by atoms with Gasteiger partial charge in [0.2, 0.25) is 5.02 Å². The van der Waals surface area contributed by atoms with E-state index in [0.29, 0.717) is 9.90 Å². The number of hydrogen-bond donors (Lipinski definition) is 0.